The molecule has 1 amide bonds. The van der Waals surface area contributed by atoms with Gasteiger partial charge in [0.15, 0.2) is 11.5 Å². The fourth-order valence-corrected chi connectivity index (χ4v) is 3.31. The molecule has 1 N–H and O–H groups in total. The highest BCUT2D eigenvalue weighted by molar-refractivity contribution is 9.10. The molecule has 0 unspecified atom stereocenters. The normalized spacial score (nSPS) is 10.6. The first-order valence-electron chi connectivity index (χ1n) is 9.62. The Balaban J connectivity index is 1.58. The van der Waals surface area contributed by atoms with Gasteiger partial charge in [-0.2, -0.15) is 5.10 Å². The summed E-state index contributed by atoms with van der Waals surface area (Å²) in [5.74, 6) is 1.18. The van der Waals surface area contributed by atoms with Crippen molar-refractivity contribution < 1.29 is 23.9 Å². The number of benzene rings is 3. The third kappa shape index (κ3) is 6.30. The topological polar surface area (TPSA) is 112 Å². The van der Waals surface area contributed by atoms with Gasteiger partial charge >= 0.3 is 0 Å². The molecule has 3 aromatic rings. The molecule has 0 aromatic heterocycles. The number of nitrogens with one attached hydrogen (secondary N) is 1. The van der Waals surface area contributed by atoms with E-state index in [1.807, 2.05) is 0 Å². The van der Waals surface area contributed by atoms with Gasteiger partial charge in [0.25, 0.3) is 11.6 Å². The maximum absolute atomic E-state index is 12.3. The molecule has 3 aromatic carbocycles. The summed E-state index contributed by atoms with van der Waals surface area (Å²) in [5.41, 5.74) is 4.41. The van der Waals surface area contributed by atoms with E-state index in [2.05, 4.69) is 26.5 Å². The highest BCUT2D eigenvalue weighted by Crippen LogP contribution is 2.28. The van der Waals surface area contributed by atoms with E-state index in [4.69, 9.17) is 14.2 Å². The second-order valence-corrected chi connectivity index (χ2v) is 7.53. The molecule has 0 heterocycles. The van der Waals surface area contributed by atoms with Gasteiger partial charge in [0.05, 0.1) is 29.8 Å². The molecule has 0 spiro atoms. The van der Waals surface area contributed by atoms with Crippen LogP contribution in [0.5, 0.6) is 17.2 Å². The van der Waals surface area contributed by atoms with Crippen LogP contribution in [0.3, 0.4) is 0 Å². The maximum Gasteiger partial charge on any atom is 0.271 e. The van der Waals surface area contributed by atoms with E-state index < -0.39 is 10.8 Å². The smallest absolute Gasteiger partial charge is 0.271 e. The van der Waals surface area contributed by atoms with Crippen LogP contribution >= 0.6 is 15.9 Å². The number of halogens is 1. The average molecular weight is 514 g/mol. The van der Waals surface area contributed by atoms with E-state index in [-0.39, 0.29) is 12.3 Å². The molecule has 10 heteroatoms. The molecule has 0 aliphatic rings. The number of hydrazone groups is 1. The number of amides is 1. The van der Waals surface area contributed by atoms with Gasteiger partial charge in [-0.3, -0.25) is 14.9 Å². The number of rotatable bonds is 9. The lowest BCUT2D eigenvalue weighted by molar-refractivity contribution is -0.384. The Kier molecular flexibility index (Phi) is 7.98. The van der Waals surface area contributed by atoms with E-state index in [0.29, 0.717) is 27.3 Å². The summed E-state index contributed by atoms with van der Waals surface area (Å²) in [6, 6.07) is 16.3. The molecule has 0 radical (unpaired) electrons. The van der Waals surface area contributed by atoms with Crippen molar-refractivity contribution >= 4 is 33.7 Å². The molecular weight excluding hydrogens is 494 g/mol. The number of nitro benzene ring substituents is 1. The third-order valence-corrected chi connectivity index (χ3v) is 5.14. The van der Waals surface area contributed by atoms with Crippen LogP contribution < -0.4 is 19.6 Å². The third-order valence-electron chi connectivity index (χ3n) is 4.52. The van der Waals surface area contributed by atoms with Crippen LogP contribution in [-0.4, -0.2) is 31.3 Å². The summed E-state index contributed by atoms with van der Waals surface area (Å²) in [6.07, 6.45) is 1.50. The molecule has 0 aliphatic heterocycles. The number of nitro groups is 1. The summed E-state index contributed by atoms with van der Waals surface area (Å²) in [4.78, 5) is 22.6. The number of ether oxygens (including phenoxy) is 3. The first-order valence-corrected chi connectivity index (χ1v) is 10.4. The molecule has 170 valence electrons. The number of carbonyl (C=O) groups is 1. The molecule has 0 atom stereocenters. The number of hydrogen-bond acceptors (Lipinski definition) is 7. The minimum atomic E-state index is -0.447. The maximum atomic E-state index is 12.3. The fraction of sp³-hybridized carbons (Fsp3) is 0.130. The second kappa shape index (κ2) is 11.1. The number of methoxy groups -OCH3 is 2. The van der Waals surface area contributed by atoms with Gasteiger partial charge in [0.1, 0.15) is 12.4 Å². The van der Waals surface area contributed by atoms with Crippen molar-refractivity contribution in [3.8, 4) is 17.2 Å². The van der Waals surface area contributed by atoms with E-state index in [1.165, 1.54) is 32.6 Å². The van der Waals surface area contributed by atoms with Crippen molar-refractivity contribution in [2.45, 2.75) is 6.61 Å². The Labute approximate surface area is 198 Å². The van der Waals surface area contributed by atoms with Gasteiger partial charge in [0, 0.05) is 17.7 Å². The van der Waals surface area contributed by atoms with Gasteiger partial charge < -0.3 is 14.2 Å². The van der Waals surface area contributed by atoms with Crippen LogP contribution in [0.25, 0.3) is 0 Å². The highest BCUT2D eigenvalue weighted by Gasteiger charge is 2.10. The summed E-state index contributed by atoms with van der Waals surface area (Å²) < 4.78 is 16.8. The Morgan fingerprint density at radius 3 is 2.36 bits per heavy atom. The lowest BCUT2D eigenvalue weighted by Crippen LogP contribution is -2.17. The van der Waals surface area contributed by atoms with Crippen molar-refractivity contribution in [2.24, 2.45) is 5.10 Å². The first-order chi connectivity index (χ1) is 15.9. The molecule has 0 saturated heterocycles. The van der Waals surface area contributed by atoms with Gasteiger partial charge in [0.2, 0.25) is 0 Å². The summed E-state index contributed by atoms with van der Waals surface area (Å²) in [6.45, 7) is 0.255. The van der Waals surface area contributed by atoms with Crippen LogP contribution in [0.1, 0.15) is 21.5 Å². The van der Waals surface area contributed by atoms with Crippen molar-refractivity contribution in [3.63, 3.8) is 0 Å². The molecule has 3 rings (SSSR count). The molecule has 0 fully saturated rings. The first kappa shape index (κ1) is 23.7. The number of hydrogen-bond donors (Lipinski definition) is 1. The Morgan fingerprint density at radius 1 is 1.03 bits per heavy atom. The van der Waals surface area contributed by atoms with E-state index in [9.17, 15) is 14.9 Å². The standard InChI is InChI=1S/C23H20BrN3O6/c1-31-21-10-6-17(12-22(21)32-2)23(28)26-25-13-16-5-9-20(19(24)11-16)33-14-15-3-7-18(8-4-15)27(29)30/h3-13H,14H2,1-2H3,(H,26,28)/b25-13+. The number of non-ortho nitro benzene ring substituents is 1. The summed E-state index contributed by atoms with van der Waals surface area (Å²) in [7, 11) is 3.01. The molecule has 0 aliphatic carbocycles. The van der Waals surface area contributed by atoms with Crippen LogP contribution in [-0.2, 0) is 6.61 Å². The van der Waals surface area contributed by atoms with Crippen molar-refractivity contribution in [1.82, 2.24) is 5.43 Å². The van der Waals surface area contributed by atoms with E-state index in [1.54, 1.807) is 48.5 Å². The Hall–Kier alpha value is -3.92. The quantitative estimate of drug-likeness (QED) is 0.251. The van der Waals surface area contributed by atoms with Gasteiger partial charge in [-0.15, -0.1) is 0 Å². The van der Waals surface area contributed by atoms with E-state index >= 15 is 0 Å². The van der Waals surface area contributed by atoms with Gasteiger partial charge in [-0.25, -0.2) is 5.43 Å². The summed E-state index contributed by atoms with van der Waals surface area (Å²) >= 11 is 3.45. The zero-order valence-electron chi connectivity index (χ0n) is 17.8. The predicted molar refractivity (Wildman–Crippen MR) is 126 cm³/mol. The highest BCUT2D eigenvalue weighted by atomic mass is 79.9. The number of nitrogens with zero attached hydrogens (tertiary/aromatic N) is 2. The van der Waals surface area contributed by atoms with Crippen LogP contribution in [0.4, 0.5) is 5.69 Å². The molecule has 9 nitrogen and oxygen atoms in total. The second-order valence-electron chi connectivity index (χ2n) is 6.67. The van der Waals surface area contributed by atoms with E-state index in [0.717, 1.165) is 11.1 Å². The lowest BCUT2D eigenvalue weighted by Gasteiger charge is -2.09. The van der Waals surface area contributed by atoms with Crippen molar-refractivity contribution in [1.29, 1.82) is 0 Å². The summed E-state index contributed by atoms with van der Waals surface area (Å²) in [5, 5.41) is 14.7. The zero-order valence-corrected chi connectivity index (χ0v) is 19.4. The molecule has 0 saturated carbocycles. The molecule has 0 bridgehead atoms. The number of carbonyl (C=O) groups excluding carboxylic acids is 1. The fourth-order valence-electron chi connectivity index (χ4n) is 2.80. The van der Waals surface area contributed by atoms with Crippen LogP contribution in [0.2, 0.25) is 0 Å². The molecule has 33 heavy (non-hydrogen) atoms. The predicted octanol–water partition coefficient (Wildman–Crippen LogP) is 4.72. The van der Waals surface area contributed by atoms with Crippen LogP contribution in [0, 0.1) is 10.1 Å². The largest absolute Gasteiger partial charge is 0.493 e. The van der Waals surface area contributed by atoms with Crippen molar-refractivity contribution in [2.75, 3.05) is 14.2 Å². The monoisotopic (exact) mass is 513 g/mol. The zero-order chi connectivity index (χ0) is 23.8. The average Bonchev–Trinajstić information content (AvgIpc) is 2.83. The Morgan fingerprint density at radius 2 is 1.73 bits per heavy atom. The van der Waals surface area contributed by atoms with Gasteiger partial charge in [-0.1, -0.05) is 0 Å². The van der Waals surface area contributed by atoms with Crippen molar-refractivity contribution in [3.05, 3.63) is 91.9 Å². The molecular formula is C23H20BrN3O6. The van der Waals surface area contributed by atoms with Gasteiger partial charge in [-0.05, 0) is 75.6 Å². The minimum absolute atomic E-state index is 0.0294. The SMILES string of the molecule is COc1ccc(C(=O)N/N=C/c2ccc(OCc3ccc([N+](=O)[O-])cc3)c(Br)c2)cc1OC. The van der Waals surface area contributed by atoms with Crippen LogP contribution in [0.15, 0.2) is 70.2 Å². The minimum Gasteiger partial charge on any atom is -0.493 e. The lowest BCUT2D eigenvalue weighted by atomic mass is 10.2. The Bertz CT molecular complexity index is 1180.